The summed E-state index contributed by atoms with van der Waals surface area (Å²) in [5, 5.41) is 42.2. The number of amides is 7. The van der Waals surface area contributed by atoms with E-state index in [0.717, 1.165) is 0 Å². The maximum atomic E-state index is 13.1. The molecule has 0 fully saturated rings. The number of hydrogen-bond donors (Lipinski definition) is 10. The Morgan fingerprint density at radius 2 is 1.20 bits per heavy atom. The van der Waals surface area contributed by atoms with Crippen LogP contribution in [-0.4, -0.2) is 118 Å². The van der Waals surface area contributed by atoms with Crippen molar-refractivity contribution in [3.8, 4) is 0 Å². The van der Waals surface area contributed by atoms with Crippen LogP contribution in [0.3, 0.4) is 0 Å². The summed E-state index contributed by atoms with van der Waals surface area (Å²) in [6.45, 7) is 6.13. The van der Waals surface area contributed by atoms with Gasteiger partial charge in [-0.25, -0.2) is 0 Å². The molecule has 18 nitrogen and oxygen atoms in total. The van der Waals surface area contributed by atoms with Crippen molar-refractivity contribution in [2.45, 2.75) is 83.8 Å². The van der Waals surface area contributed by atoms with Gasteiger partial charge in [0, 0.05) is 6.42 Å². The van der Waals surface area contributed by atoms with Gasteiger partial charge in [-0.1, -0.05) is 27.7 Å². The molecule has 0 aliphatic carbocycles. The van der Waals surface area contributed by atoms with Crippen molar-refractivity contribution in [1.29, 1.82) is 0 Å². The number of carbonyl (C=O) groups is 8. The van der Waals surface area contributed by atoms with E-state index in [1.54, 1.807) is 27.7 Å². The van der Waals surface area contributed by atoms with E-state index in [1.165, 1.54) is 6.92 Å². The first-order valence-corrected chi connectivity index (χ1v) is 14.5. The van der Waals surface area contributed by atoms with Crippen molar-refractivity contribution in [1.82, 2.24) is 31.9 Å². The van der Waals surface area contributed by atoms with Crippen molar-refractivity contribution < 1.29 is 53.7 Å². The average Bonchev–Trinajstić information content (AvgIpc) is 2.95. The highest BCUT2D eigenvalue weighted by molar-refractivity contribution is 6.27. The number of primary amides is 1. The molecule has 0 spiro atoms. The Morgan fingerprint density at radius 1 is 0.689 bits per heavy atom. The van der Waals surface area contributed by atoms with Gasteiger partial charge < -0.3 is 53.0 Å². The van der Waals surface area contributed by atoms with Crippen LogP contribution in [0.2, 0.25) is 0 Å². The molecule has 0 aliphatic rings. The number of aliphatic carboxylic acids is 1. The molecule has 6 atom stereocenters. The maximum absolute atomic E-state index is 13.1. The lowest BCUT2D eigenvalue weighted by atomic mass is 10.0. The van der Waals surface area contributed by atoms with Crippen LogP contribution in [0.1, 0.15) is 47.5 Å². The van der Waals surface area contributed by atoms with Gasteiger partial charge in [-0.05, 0) is 25.2 Å². The number of carbonyl (C=O) groups excluding carboxylic acids is 7. The molecule has 0 aliphatic heterocycles. The highest BCUT2D eigenvalue weighted by atomic mass is 35.5. The second kappa shape index (κ2) is 20.1. The molecule has 0 radical (unpaired) electrons. The van der Waals surface area contributed by atoms with Crippen molar-refractivity contribution in [2.24, 2.45) is 17.6 Å². The van der Waals surface area contributed by atoms with Gasteiger partial charge in [0.2, 0.25) is 41.4 Å². The standard InChI is InChI=1S/C26H44ClN7O11/c1-11(2)19(24(43)29-9-17(38)32-20(12(3)4)25(44)31-15(10-35)22(28)41)33-26(45)21(13(5)36)34-23(42)14(6-7-18(39)40)30-16(37)8-27/h11-15,19-21,35-36H,6-10H2,1-5H3,(H2,28,41)(H,29,43)(H,30,37)(H,31,44)(H,32,38)(H,33,45)(H,34,42)(H,39,40)/t13-,14+,15+,19+,20+,21+/m1/s1. The summed E-state index contributed by atoms with van der Waals surface area (Å²) in [5.41, 5.74) is 5.11. The van der Waals surface area contributed by atoms with Gasteiger partial charge in [-0.2, -0.15) is 0 Å². The third-order valence-corrected chi connectivity index (χ3v) is 6.50. The van der Waals surface area contributed by atoms with Crippen LogP contribution in [0, 0.1) is 11.8 Å². The number of aliphatic hydroxyl groups is 2. The number of nitrogens with one attached hydrogen (secondary N) is 6. The molecule has 0 unspecified atom stereocenters. The van der Waals surface area contributed by atoms with Gasteiger partial charge in [0.1, 0.15) is 36.1 Å². The number of carboxylic acids is 1. The summed E-state index contributed by atoms with van der Waals surface area (Å²) in [5.74, 6) is -8.97. The quantitative estimate of drug-likeness (QED) is 0.0556. The number of halogens is 1. The fourth-order valence-corrected chi connectivity index (χ4v) is 3.79. The zero-order valence-corrected chi connectivity index (χ0v) is 26.5. The largest absolute Gasteiger partial charge is 0.481 e. The van der Waals surface area contributed by atoms with E-state index < -0.39 is 121 Å². The molecule has 0 rings (SSSR count). The molecule has 19 heteroatoms. The van der Waals surface area contributed by atoms with Crippen LogP contribution in [0.4, 0.5) is 0 Å². The van der Waals surface area contributed by atoms with Gasteiger partial charge in [0.25, 0.3) is 0 Å². The minimum Gasteiger partial charge on any atom is -0.481 e. The van der Waals surface area contributed by atoms with Gasteiger partial charge in [-0.3, -0.25) is 38.4 Å². The highest BCUT2D eigenvalue weighted by Crippen LogP contribution is 2.07. The Balaban J connectivity index is 5.51. The van der Waals surface area contributed by atoms with E-state index in [0.29, 0.717) is 0 Å². The lowest BCUT2D eigenvalue weighted by molar-refractivity contribution is -0.139. The molecule has 0 heterocycles. The van der Waals surface area contributed by atoms with E-state index in [4.69, 9.17) is 22.4 Å². The Kier molecular flexibility index (Phi) is 18.3. The van der Waals surface area contributed by atoms with Crippen LogP contribution >= 0.6 is 11.6 Å². The van der Waals surface area contributed by atoms with Crippen molar-refractivity contribution in [3.63, 3.8) is 0 Å². The molecule has 0 aromatic rings. The molecule has 0 aromatic heterocycles. The number of alkyl halides is 1. The highest BCUT2D eigenvalue weighted by Gasteiger charge is 2.34. The maximum Gasteiger partial charge on any atom is 0.303 e. The molecule has 11 N–H and O–H groups in total. The zero-order valence-electron chi connectivity index (χ0n) is 25.7. The van der Waals surface area contributed by atoms with E-state index in [9.17, 15) is 48.6 Å². The molecule has 256 valence electrons. The minimum absolute atomic E-state index is 0.344. The topological polar surface area (TPSA) is 295 Å². The Bertz CT molecular complexity index is 1090. The van der Waals surface area contributed by atoms with Crippen LogP contribution in [0.25, 0.3) is 0 Å². The molecular weight excluding hydrogens is 622 g/mol. The summed E-state index contributed by atoms with van der Waals surface area (Å²) in [7, 11) is 0. The van der Waals surface area contributed by atoms with Gasteiger partial charge >= 0.3 is 5.97 Å². The molecular formula is C26H44ClN7O11. The Morgan fingerprint density at radius 3 is 1.64 bits per heavy atom. The lowest BCUT2D eigenvalue weighted by Crippen LogP contribution is -2.61. The second-order valence-corrected chi connectivity index (χ2v) is 11.1. The summed E-state index contributed by atoms with van der Waals surface area (Å²) >= 11 is 5.45. The first-order valence-electron chi connectivity index (χ1n) is 14.0. The third kappa shape index (κ3) is 15.0. The number of hydrogen-bond acceptors (Lipinski definition) is 10. The van der Waals surface area contributed by atoms with Crippen molar-refractivity contribution in [3.05, 3.63) is 0 Å². The molecule has 0 saturated heterocycles. The van der Waals surface area contributed by atoms with Crippen molar-refractivity contribution >= 4 is 58.9 Å². The van der Waals surface area contributed by atoms with Crippen LogP contribution < -0.4 is 37.6 Å². The van der Waals surface area contributed by atoms with Gasteiger partial charge in [-0.15, -0.1) is 11.6 Å². The number of aliphatic hydroxyl groups excluding tert-OH is 2. The second-order valence-electron chi connectivity index (χ2n) is 10.8. The van der Waals surface area contributed by atoms with E-state index in [1.807, 2.05) is 0 Å². The Hall–Kier alpha value is -4.03. The van der Waals surface area contributed by atoms with Crippen molar-refractivity contribution in [2.75, 3.05) is 19.0 Å². The smallest absolute Gasteiger partial charge is 0.303 e. The van der Waals surface area contributed by atoms with E-state index >= 15 is 0 Å². The summed E-state index contributed by atoms with van der Waals surface area (Å²) in [6.07, 6.45) is -2.35. The molecule has 7 amide bonds. The number of nitrogens with two attached hydrogens (primary N) is 1. The predicted octanol–water partition coefficient (Wildman–Crippen LogP) is -4.20. The van der Waals surface area contributed by atoms with Crippen LogP contribution in [0.15, 0.2) is 0 Å². The number of carboxylic acid groups (broad SMARTS) is 1. The Labute approximate surface area is 264 Å². The molecule has 0 aromatic carbocycles. The SMILES string of the molecule is CC(C)[C@H](NC(=O)CNC(=O)[C@@H](NC(=O)[C@@H](NC(=O)[C@H](CCC(=O)O)NC(=O)CCl)[C@@H](C)O)C(C)C)C(=O)N[C@@H](CO)C(N)=O. The first kappa shape index (κ1) is 41.0. The first-order chi connectivity index (χ1) is 20.9. The molecule has 45 heavy (non-hydrogen) atoms. The van der Waals surface area contributed by atoms with Crippen LogP contribution in [0.5, 0.6) is 0 Å². The lowest BCUT2D eigenvalue weighted by Gasteiger charge is -2.28. The molecule has 0 bridgehead atoms. The van der Waals surface area contributed by atoms with Gasteiger partial charge in [0.05, 0.1) is 19.3 Å². The summed E-state index contributed by atoms with van der Waals surface area (Å²) < 4.78 is 0. The third-order valence-electron chi connectivity index (χ3n) is 6.26. The minimum atomic E-state index is -1.64. The normalized spacial score (nSPS) is 15.0. The number of rotatable bonds is 20. The average molecular weight is 666 g/mol. The van der Waals surface area contributed by atoms with E-state index in [2.05, 4.69) is 31.9 Å². The summed E-state index contributed by atoms with van der Waals surface area (Å²) in [4.78, 5) is 97.9. The fraction of sp³-hybridized carbons (Fsp3) is 0.692. The summed E-state index contributed by atoms with van der Waals surface area (Å²) in [6, 6.07) is -6.84. The fourth-order valence-electron chi connectivity index (χ4n) is 3.71. The predicted molar refractivity (Wildman–Crippen MR) is 158 cm³/mol. The monoisotopic (exact) mass is 665 g/mol. The molecule has 0 saturated carbocycles. The van der Waals surface area contributed by atoms with Gasteiger partial charge in [0.15, 0.2) is 0 Å². The van der Waals surface area contributed by atoms with E-state index in [-0.39, 0.29) is 6.42 Å². The van der Waals surface area contributed by atoms with Crippen LogP contribution in [-0.2, 0) is 38.4 Å². The zero-order chi connectivity index (χ0) is 35.0.